The van der Waals surface area contributed by atoms with E-state index in [1.165, 1.54) is 89.7 Å². The Morgan fingerprint density at radius 3 is 2.13 bits per heavy atom. The van der Waals surface area contributed by atoms with Crippen LogP contribution in [0.5, 0.6) is 5.88 Å². The predicted molar refractivity (Wildman–Crippen MR) is 180 cm³/mol. The predicted octanol–water partition coefficient (Wildman–Crippen LogP) is 6.86. The minimum Gasteiger partial charge on any atom is -0.492 e. The van der Waals surface area contributed by atoms with Crippen LogP contribution in [0.4, 0.5) is 0 Å². The summed E-state index contributed by atoms with van der Waals surface area (Å²) in [5.41, 5.74) is 0.586. The molecule has 1 fully saturated rings. The molecule has 3 rings (SSSR count). The summed E-state index contributed by atoms with van der Waals surface area (Å²) in [6, 6.07) is -0.874. The average Bonchev–Trinajstić information content (AvgIpc) is 3.69. The highest BCUT2D eigenvalue weighted by molar-refractivity contribution is 7.46. The maximum Gasteiger partial charge on any atom is 0.470 e. The van der Waals surface area contributed by atoms with Gasteiger partial charge in [-0.05, 0) is 33.1 Å². The zero-order chi connectivity index (χ0) is 34.1. The van der Waals surface area contributed by atoms with Gasteiger partial charge < -0.3 is 29.7 Å². The van der Waals surface area contributed by atoms with Gasteiger partial charge in [0, 0.05) is 13.0 Å². The van der Waals surface area contributed by atoms with E-state index in [1.54, 1.807) is 11.5 Å². The molecule has 0 aliphatic carbocycles. The topological polar surface area (TPSA) is 178 Å². The SMILES string of the molecule is CCCCCCCCCCCCCCCCCC(=O)NC(C(C)OCC)C(OP(=O)(O)O)[C@@H]1CC[C@H](n2cnc3c(O)ncnc32)O1. The van der Waals surface area contributed by atoms with Crippen molar-refractivity contribution in [2.24, 2.45) is 0 Å². The number of hydrogen-bond acceptors (Lipinski definition) is 9. The fourth-order valence-corrected chi connectivity index (χ4v) is 7.00. The van der Waals surface area contributed by atoms with E-state index >= 15 is 0 Å². The van der Waals surface area contributed by atoms with Crippen molar-refractivity contribution >= 4 is 24.9 Å². The first-order valence-electron chi connectivity index (χ1n) is 17.8. The van der Waals surface area contributed by atoms with E-state index in [0.717, 1.165) is 19.3 Å². The van der Waals surface area contributed by atoms with Gasteiger partial charge in [0.05, 0.1) is 24.6 Å². The third-order valence-electron chi connectivity index (χ3n) is 8.93. The first kappa shape index (κ1) is 39.3. The van der Waals surface area contributed by atoms with Crippen LogP contribution in [0.1, 0.15) is 143 Å². The van der Waals surface area contributed by atoms with Gasteiger partial charge in [-0.2, -0.15) is 4.98 Å². The third kappa shape index (κ3) is 13.7. The zero-order valence-corrected chi connectivity index (χ0v) is 29.5. The van der Waals surface area contributed by atoms with Gasteiger partial charge >= 0.3 is 7.82 Å². The summed E-state index contributed by atoms with van der Waals surface area (Å²) < 4.78 is 31.1. The normalized spacial score (nSPS) is 18.8. The van der Waals surface area contributed by atoms with Crippen LogP contribution in [0.3, 0.4) is 0 Å². The van der Waals surface area contributed by atoms with Crippen molar-refractivity contribution in [3.05, 3.63) is 12.7 Å². The third-order valence-corrected chi connectivity index (χ3v) is 9.45. The Bertz CT molecular complexity index is 1230. The lowest BCUT2D eigenvalue weighted by atomic mass is 9.98. The molecule has 47 heavy (non-hydrogen) atoms. The Morgan fingerprint density at radius 2 is 1.55 bits per heavy atom. The smallest absolute Gasteiger partial charge is 0.470 e. The van der Waals surface area contributed by atoms with Crippen LogP contribution in [0.2, 0.25) is 0 Å². The molecular weight excluding hydrogens is 625 g/mol. The molecule has 5 atom stereocenters. The minimum absolute atomic E-state index is 0.219. The van der Waals surface area contributed by atoms with Crippen LogP contribution in [0, 0.1) is 0 Å². The average molecular weight is 684 g/mol. The van der Waals surface area contributed by atoms with E-state index in [2.05, 4.69) is 27.2 Å². The lowest BCUT2D eigenvalue weighted by Crippen LogP contribution is -2.55. The summed E-state index contributed by atoms with van der Waals surface area (Å²) in [5, 5.41) is 13.0. The first-order chi connectivity index (χ1) is 22.6. The molecule has 2 aromatic heterocycles. The quantitative estimate of drug-likeness (QED) is 0.0635. The summed E-state index contributed by atoms with van der Waals surface area (Å²) >= 11 is 0. The number of rotatable bonds is 25. The van der Waals surface area contributed by atoms with E-state index in [1.807, 2.05) is 6.92 Å². The number of amides is 1. The summed E-state index contributed by atoms with van der Waals surface area (Å²) in [7, 11) is -4.97. The minimum atomic E-state index is -4.97. The molecule has 2 aromatic rings. The number of hydrogen-bond donors (Lipinski definition) is 4. The number of phosphoric acid groups is 1. The van der Waals surface area contributed by atoms with Crippen LogP contribution < -0.4 is 5.32 Å². The second-order valence-corrected chi connectivity index (χ2v) is 13.9. The van der Waals surface area contributed by atoms with E-state index < -0.39 is 38.4 Å². The monoisotopic (exact) mass is 683 g/mol. The van der Waals surface area contributed by atoms with Crippen molar-refractivity contribution < 1.29 is 38.3 Å². The number of carbonyl (C=O) groups is 1. The molecule has 13 nitrogen and oxygen atoms in total. The van der Waals surface area contributed by atoms with Crippen LogP contribution >= 0.6 is 7.82 Å². The number of aromatic nitrogens is 4. The fraction of sp³-hybridized carbons (Fsp3) is 0.818. The zero-order valence-electron chi connectivity index (χ0n) is 28.6. The molecule has 14 heteroatoms. The van der Waals surface area contributed by atoms with Crippen LogP contribution in [0.15, 0.2) is 12.7 Å². The van der Waals surface area contributed by atoms with Gasteiger partial charge in [-0.3, -0.25) is 13.9 Å². The second kappa shape index (κ2) is 21.0. The highest BCUT2D eigenvalue weighted by Gasteiger charge is 2.44. The maximum atomic E-state index is 13.1. The summed E-state index contributed by atoms with van der Waals surface area (Å²) in [6.45, 7) is 6.15. The Morgan fingerprint density at radius 1 is 0.957 bits per heavy atom. The van der Waals surface area contributed by atoms with Crippen LogP contribution in [-0.2, 0) is 23.4 Å². The number of carbonyl (C=O) groups excluding carboxylic acids is 1. The molecule has 0 bridgehead atoms. The van der Waals surface area contributed by atoms with Gasteiger partial charge in [-0.15, -0.1) is 0 Å². The molecule has 1 amide bonds. The lowest BCUT2D eigenvalue weighted by molar-refractivity contribution is -0.128. The molecule has 0 saturated carbocycles. The molecule has 3 heterocycles. The van der Waals surface area contributed by atoms with Crippen molar-refractivity contribution in [3.8, 4) is 5.88 Å². The number of aromatic hydroxyl groups is 1. The Kier molecular flexibility index (Phi) is 17.6. The first-order valence-corrected chi connectivity index (χ1v) is 19.3. The standard InChI is InChI=1S/C33H58N5O8P/c1-4-6-7-8-9-10-11-12-13-14-15-16-17-18-19-20-27(39)37-29(25(3)44-5-2)31(46-47(41,42)43)26-21-22-28(45-26)38-24-36-30-32(38)34-23-35-33(30)40/h23-26,28-29,31H,4-22H2,1-3H3,(H,37,39)(H,34,35,40)(H2,41,42,43)/t25?,26-,28+,29?,31?/m0/s1. The van der Waals surface area contributed by atoms with Crippen molar-refractivity contribution in [2.75, 3.05) is 6.61 Å². The number of unbranched alkanes of at least 4 members (excludes halogenated alkanes) is 14. The molecule has 1 saturated heterocycles. The number of fused-ring (bicyclic) bond motifs is 1. The van der Waals surface area contributed by atoms with E-state index in [4.69, 9.17) is 14.0 Å². The van der Waals surface area contributed by atoms with E-state index in [0.29, 0.717) is 31.5 Å². The molecule has 3 unspecified atom stereocenters. The summed E-state index contributed by atoms with van der Waals surface area (Å²) in [4.78, 5) is 44.9. The van der Waals surface area contributed by atoms with Gasteiger partial charge in [0.1, 0.15) is 18.7 Å². The fourth-order valence-electron chi connectivity index (χ4n) is 6.41. The molecular formula is C33H58N5O8P. The molecule has 1 aliphatic heterocycles. The number of ether oxygens (including phenoxy) is 2. The van der Waals surface area contributed by atoms with Gasteiger partial charge in [0.15, 0.2) is 11.2 Å². The Hall–Kier alpha value is -2.15. The molecule has 0 radical (unpaired) electrons. The van der Waals surface area contributed by atoms with Crippen LogP contribution in [0.25, 0.3) is 11.2 Å². The van der Waals surface area contributed by atoms with Crippen molar-refractivity contribution in [1.29, 1.82) is 0 Å². The number of nitrogens with zero attached hydrogens (tertiary/aromatic N) is 4. The lowest BCUT2D eigenvalue weighted by Gasteiger charge is -2.35. The molecule has 4 N–H and O–H groups in total. The van der Waals surface area contributed by atoms with Crippen molar-refractivity contribution in [3.63, 3.8) is 0 Å². The Balaban J connectivity index is 1.46. The van der Waals surface area contributed by atoms with Crippen molar-refractivity contribution in [2.45, 2.75) is 167 Å². The molecule has 0 aromatic carbocycles. The number of nitrogens with one attached hydrogen (secondary N) is 1. The number of imidazole rings is 1. The van der Waals surface area contributed by atoms with Crippen molar-refractivity contribution in [1.82, 2.24) is 24.8 Å². The molecule has 268 valence electrons. The van der Waals surface area contributed by atoms with Gasteiger partial charge in [-0.25, -0.2) is 14.5 Å². The van der Waals surface area contributed by atoms with Gasteiger partial charge in [-0.1, -0.05) is 96.8 Å². The summed E-state index contributed by atoms with van der Waals surface area (Å²) in [5.74, 6) is -0.480. The van der Waals surface area contributed by atoms with E-state index in [9.17, 15) is 24.3 Å². The molecule has 0 spiro atoms. The van der Waals surface area contributed by atoms with Crippen LogP contribution in [-0.4, -0.2) is 71.3 Å². The van der Waals surface area contributed by atoms with Gasteiger partial charge in [0.25, 0.3) is 0 Å². The Labute approximate surface area is 279 Å². The van der Waals surface area contributed by atoms with E-state index in [-0.39, 0.29) is 17.3 Å². The molecule has 1 aliphatic rings. The second-order valence-electron chi connectivity index (χ2n) is 12.7. The maximum absolute atomic E-state index is 13.1. The number of phosphoric ester groups is 1. The summed E-state index contributed by atoms with van der Waals surface area (Å²) in [6.07, 6.45) is 19.2. The van der Waals surface area contributed by atoms with Gasteiger partial charge in [0.2, 0.25) is 11.8 Å². The highest BCUT2D eigenvalue weighted by atomic mass is 31.2. The largest absolute Gasteiger partial charge is 0.492 e. The highest BCUT2D eigenvalue weighted by Crippen LogP contribution is 2.43.